The molecule has 0 aliphatic carbocycles. The minimum absolute atomic E-state index is 0.109. The average Bonchev–Trinajstić information content (AvgIpc) is 2.61. The van der Waals surface area contributed by atoms with Crippen molar-refractivity contribution in [2.45, 2.75) is 24.9 Å². The summed E-state index contributed by atoms with van der Waals surface area (Å²) in [5.74, 6) is -0.312. The van der Waals surface area contributed by atoms with Crippen molar-refractivity contribution in [3.8, 4) is 0 Å². The van der Waals surface area contributed by atoms with E-state index in [1.54, 1.807) is 13.8 Å². The number of alkyl halides is 3. The number of carbonyl (C=O) groups is 1. The zero-order valence-electron chi connectivity index (χ0n) is 15.4. The van der Waals surface area contributed by atoms with Crippen LogP contribution in [0.2, 0.25) is 0 Å². The molecule has 1 heterocycles. The first-order valence-electron chi connectivity index (χ1n) is 8.77. The number of hydrogen-bond acceptors (Lipinski definition) is 4. The molecule has 0 N–H and O–H groups in total. The van der Waals surface area contributed by atoms with Crippen molar-refractivity contribution in [1.29, 1.82) is 0 Å². The van der Waals surface area contributed by atoms with Gasteiger partial charge >= 0.3 is 6.18 Å². The molecule has 2 rings (SSSR count). The van der Waals surface area contributed by atoms with Gasteiger partial charge in [0.15, 0.2) is 0 Å². The van der Waals surface area contributed by atoms with E-state index in [-0.39, 0.29) is 37.0 Å². The molecule has 0 aromatic heterocycles. The predicted molar refractivity (Wildman–Crippen MR) is 94.9 cm³/mol. The number of carbonyl (C=O) groups excluding carboxylic acids is 1. The van der Waals surface area contributed by atoms with Gasteiger partial charge in [-0.05, 0) is 24.3 Å². The normalized spacial score (nSPS) is 16.7. The van der Waals surface area contributed by atoms with Gasteiger partial charge in [0, 0.05) is 44.8 Å². The van der Waals surface area contributed by atoms with Gasteiger partial charge in [-0.15, -0.1) is 0 Å². The van der Waals surface area contributed by atoms with Crippen molar-refractivity contribution in [3.63, 3.8) is 0 Å². The number of halogens is 3. The highest BCUT2D eigenvalue weighted by molar-refractivity contribution is 7.89. The van der Waals surface area contributed by atoms with Crippen LogP contribution in [0.4, 0.5) is 13.2 Å². The number of benzene rings is 1. The van der Waals surface area contributed by atoms with E-state index in [1.165, 1.54) is 38.4 Å². The summed E-state index contributed by atoms with van der Waals surface area (Å²) in [4.78, 5) is 15.4. The molecule has 0 bridgehead atoms. The molecule has 0 unspecified atom stereocenters. The number of sulfonamides is 1. The van der Waals surface area contributed by atoms with Crippen LogP contribution in [0.1, 0.15) is 24.2 Å². The fourth-order valence-electron chi connectivity index (χ4n) is 3.03. The van der Waals surface area contributed by atoms with E-state index in [4.69, 9.17) is 0 Å². The molecule has 1 amide bonds. The number of nitrogens with zero attached hydrogens (tertiary/aromatic N) is 3. The van der Waals surface area contributed by atoms with Crippen molar-refractivity contribution in [3.05, 3.63) is 29.8 Å². The van der Waals surface area contributed by atoms with Crippen molar-refractivity contribution in [1.82, 2.24) is 14.1 Å². The Bertz CT molecular complexity index is 739. The second-order valence-electron chi connectivity index (χ2n) is 6.30. The maximum absolute atomic E-state index is 12.5. The van der Waals surface area contributed by atoms with Gasteiger partial charge in [-0.25, -0.2) is 8.42 Å². The van der Waals surface area contributed by atoms with Gasteiger partial charge in [-0.3, -0.25) is 9.69 Å². The van der Waals surface area contributed by atoms with Crippen molar-refractivity contribution < 1.29 is 26.4 Å². The molecule has 0 radical (unpaired) electrons. The number of rotatable bonds is 6. The van der Waals surface area contributed by atoms with E-state index in [2.05, 4.69) is 0 Å². The van der Waals surface area contributed by atoms with Crippen LogP contribution in [0.5, 0.6) is 0 Å². The molecule has 1 saturated heterocycles. The molecular weight excluding hydrogens is 383 g/mol. The molecule has 27 heavy (non-hydrogen) atoms. The van der Waals surface area contributed by atoms with E-state index in [1.807, 2.05) is 0 Å². The lowest BCUT2D eigenvalue weighted by Gasteiger charge is -2.35. The summed E-state index contributed by atoms with van der Waals surface area (Å²) in [6.45, 7) is 3.92. The van der Waals surface area contributed by atoms with Crippen molar-refractivity contribution >= 4 is 15.9 Å². The van der Waals surface area contributed by atoms with Crippen molar-refractivity contribution in [2.24, 2.45) is 0 Å². The van der Waals surface area contributed by atoms with Crippen LogP contribution >= 0.6 is 0 Å². The van der Waals surface area contributed by atoms with Crippen LogP contribution in [-0.2, 0) is 10.0 Å². The molecule has 152 valence electrons. The molecule has 1 aromatic rings. The van der Waals surface area contributed by atoms with Crippen LogP contribution in [0.25, 0.3) is 0 Å². The quantitative estimate of drug-likeness (QED) is 0.724. The Morgan fingerprint density at radius 1 is 1.04 bits per heavy atom. The maximum Gasteiger partial charge on any atom is 0.401 e. The average molecular weight is 407 g/mol. The second-order valence-corrected chi connectivity index (χ2v) is 8.24. The Morgan fingerprint density at radius 3 is 2.00 bits per heavy atom. The van der Waals surface area contributed by atoms with E-state index < -0.39 is 22.7 Å². The van der Waals surface area contributed by atoms with E-state index >= 15 is 0 Å². The third-order valence-corrected chi connectivity index (χ3v) is 6.57. The topological polar surface area (TPSA) is 60.9 Å². The Hall–Kier alpha value is -1.65. The van der Waals surface area contributed by atoms with Crippen LogP contribution in [0, 0.1) is 0 Å². The molecular formula is C17H24F3N3O3S. The fraction of sp³-hybridized carbons (Fsp3) is 0.588. The van der Waals surface area contributed by atoms with Crippen LogP contribution in [0.15, 0.2) is 29.2 Å². The molecule has 0 saturated carbocycles. The molecule has 1 fully saturated rings. The molecule has 1 aromatic carbocycles. The van der Waals surface area contributed by atoms with E-state index in [0.29, 0.717) is 18.7 Å². The molecule has 0 spiro atoms. The Kier molecular flexibility index (Phi) is 6.87. The van der Waals surface area contributed by atoms with Crippen LogP contribution < -0.4 is 0 Å². The first-order chi connectivity index (χ1) is 12.6. The SMILES string of the molecule is CCN(CC)S(=O)(=O)c1ccc(C(=O)N2CCN(CC(F)(F)F)CC2)cc1. The maximum atomic E-state index is 12.5. The molecule has 1 aliphatic heterocycles. The first-order valence-corrected chi connectivity index (χ1v) is 10.2. The number of hydrogen-bond donors (Lipinski definition) is 0. The lowest BCUT2D eigenvalue weighted by molar-refractivity contribution is -0.148. The van der Waals surface area contributed by atoms with Crippen LogP contribution in [0.3, 0.4) is 0 Å². The van der Waals surface area contributed by atoms with Crippen molar-refractivity contribution in [2.75, 3.05) is 45.8 Å². The molecule has 0 atom stereocenters. The van der Waals surface area contributed by atoms with Gasteiger partial charge in [-0.1, -0.05) is 13.8 Å². The van der Waals surface area contributed by atoms with Crippen LogP contribution in [-0.4, -0.2) is 80.4 Å². The number of piperazine rings is 1. The highest BCUT2D eigenvalue weighted by Crippen LogP contribution is 2.19. The summed E-state index contributed by atoms with van der Waals surface area (Å²) in [6, 6.07) is 5.67. The summed E-state index contributed by atoms with van der Waals surface area (Å²) < 4.78 is 63.5. The third kappa shape index (κ3) is 5.43. The summed E-state index contributed by atoms with van der Waals surface area (Å²) >= 11 is 0. The molecule has 1 aliphatic rings. The summed E-state index contributed by atoms with van der Waals surface area (Å²) in [5, 5.41) is 0. The fourth-order valence-corrected chi connectivity index (χ4v) is 4.49. The van der Waals surface area contributed by atoms with Gasteiger partial charge in [-0.2, -0.15) is 17.5 Å². The molecule has 10 heteroatoms. The zero-order chi connectivity index (χ0) is 20.2. The van der Waals surface area contributed by atoms with Gasteiger partial charge in [0.25, 0.3) is 5.91 Å². The minimum atomic E-state index is -4.25. The molecule has 6 nitrogen and oxygen atoms in total. The number of amides is 1. The van der Waals surface area contributed by atoms with Gasteiger partial charge in [0.05, 0.1) is 11.4 Å². The second kappa shape index (κ2) is 8.57. The summed E-state index contributed by atoms with van der Waals surface area (Å²) in [6.07, 6.45) is -4.25. The van der Waals surface area contributed by atoms with E-state index in [9.17, 15) is 26.4 Å². The Morgan fingerprint density at radius 2 is 1.56 bits per heavy atom. The highest BCUT2D eigenvalue weighted by atomic mass is 32.2. The smallest absolute Gasteiger partial charge is 0.336 e. The standard InChI is InChI=1S/C17H24F3N3O3S/c1-3-23(4-2)27(25,26)15-7-5-14(6-8-15)16(24)22-11-9-21(10-12-22)13-17(18,19)20/h5-8H,3-4,9-13H2,1-2H3. The summed E-state index contributed by atoms with van der Waals surface area (Å²) in [5.41, 5.74) is 0.317. The minimum Gasteiger partial charge on any atom is -0.336 e. The lowest BCUT2D eigenvalue weighted by atomic mass is 10.2. The first kappa shape index (κ1) is 21.6. The predicted octanol–water partition coefficient (Wildman–Crippen LogP) is 2.04. The zero-order valence-corrected chi connectivity index (χ0v) is 16.2. The van der Waals surface area contributed by atoms with Gasteiger partial charge in [0.1, 0.15) is 0 Å². The summed E-state index contributed by atoms with van der Waals surface area (Å²) in [7, 11) is -3.60. The third-order valence-electron chi connectivity index (χ3n) is 4.51. The van der Waals surface area contributed by atoms with Gasteiger partial charge in [0.2, 0.25) is 10.0 Å². The highest BCUT2D eigenvalue weighted by Gasteiger charge is 2.33. The lowest BCUT2D eigenvalue weighted by Crippen LogP contribution is -2.50. The van der Waals surface area contributed by atoms with E-state index in [0.717, 1.165) is 0 Å². The Balaban J connectivity index is 2.03. The Labute approximate surface area is 157 Å². The van der Waals surface area contributed by atoms with Gasteiger partial charge < -0.3 is 4.90 Å². The monoisotopic (exact) mass is 407 g/mol. The largest absolute Gasteiger partial charge is 0.401 e.